The number of nitriles is 1. The molecular formula is C11H15N5O. The lowest BCUT2D eigenvalue weighted by atomic mass is 10.1. The van der Waals surface area contributed by atoms with Crippen molar-refractivity contribution in [2.45, 2.75) is 6.92 Å². The van der Waals surface area contributed by atoms with Crippen molar-refractivity contribution in [2.24, 2.45) is 11.7 Å². The van der Waals surface area contributed by atoms with Crippen molar-refractivity contribution in [1.82, 2.24) is 4.98 Å². The van der Waals surface area contributed by atoms with Crippen LogP contribution in [0.25, 0.3) is 0 Å². The van der Waals surface area contributed by atoms with Gasteiger partial charge in [0.1, 0.15) is 5.82 Å². The molecule has 0 saturated heterocycles. The predicted molar refractivity (Wildman–Crippen MR) is 65.2 cm³/mol. The molecule has 0 radical (unpaired) electrons. The summed E-state index contributed by atoms with van der Waals surface area (Å²) in [6.07, 6.45) is 1.45. The Kier molecular flexibility index (Phi) is 3.88. The topological polar surface area (TPSA) is 109 Å². The number of nitrogen functional groups attached to an aromatic ring is 1. The summed E-state index contributed by atoms with van der Waals surface area (Å²) in [4.78, 5) is 17.1. The number of aromatic nitrogens is 1. The summed E-state index contributed by atoms with van der Waals surface area (Å²) in [7, 11) is 1.75. The van der Waals surface area contributed by atoms with Gasteiger partial charge >= 0.3 is 0 Å². The molecule has 1 amide bonds. The predicted octanol–water partition coefficient (Wildman–Crippen LogP) is 0.359. The van der Waals surface area contributed by atoms with Crippen molar-refractivity contribution in [3.05, 3.63) is 17.8 Å². The van der Waals surface area contributed by atoms with Crippen LogP contribution in [0.15, 0.2) is 12.3 Å². The Morgan fingerprint density at radius 3 is 2.88 bits per heavy atom. The van der Waals surface area contributed by atoms with Crippen molar-refractivity contribution >= 4 is 17.4 Å². The number of rotatable bonds is 4. The van der Waals surface area contributed by atoms with Gasteiger partial charge in [0, 0.05) is 13.6 Å². The molecule has 1 atom stereocenters. The number of anilines is 2. The van der Waals surface area contributed by atoms with E-state index in [0.29, 0.717) is 18.1 Å². The SMILES string of the molecule is CC(C#N)CN(C)c1ncc(N)cc1C(N)=O. The van der Waals surface area contributed by atoms with Crippen molar-refractivity contribution in [1.29, 1.82) is 5.26 Å². The molecule has 0 saturated carbocycles. The highest BCUT2D eigenvalue weighted by Crippen LogP contribution is 2.19. The normalized spacial score (nSPS) is 11.6. The zero-order valence-electron chi connectivity index (χ0n) is 9.84. The molecule has 90 valence electrons. The van der Waals surface area contributed by atoms with Gasteiger partial charge in [0.2, 0.25) is 0 Å². The first kappa shape index (κ1) is 12.8. The van der Waals surface area contributed by atoms with Gasteiger partial charge in [-0.25, -0.2) is 4.98 Å². The van der Waals surface area contributed by atoms with Crippen molar-refractivity contribution in [3.63, 3.8) is 0 Å². The molecule has 1 aromatic rings. The standard InChI is InChI=1S/C11H15N5O/c1-7(4-12)6-16(2)11-9(10(14)17)3-8(13)5-15-11/h3,5,7H,6,13H2,1-2H3,(H2,14,17). The van der Waals surface area contributed by atoms with E-state index >= 15 is 0 Å². The number of pyridine rings is 1. The molecule has 0 aliphatic heterocycles. The Morgan fingerprint density at radius 2 is 2.35 bits per heavy atom. The first-order chi connectivity index (χ1) is 7.95. The highest BCUT2D eigenvalue weighted by atomic mass is 16.1. The smallest absolute Gasteiger partial charge is 0.252 e. The second-order valence-corrected chi connectivity index (χ2v) is 3.91. The number of primary amides is 1. The Labute approximate surface area is 99.8 Å². The number of hydrogen-bond donors (Lipinski definition) is 2. The first-order valence-corrected chi connectivity index (χ1v) is 5.11. The van der Waals surface area contributed by atoms with Gasteiger partial charge in [0.05, 0.1) is 29.4 Å². The molecule has 0 aromatic carbocycles. The van der Waals surface area contributed by atoms with Crippen LogP contribution in [0.5, 0.6) is 0 Å². The van der Waals surface area contributed by atoms with Gasteiger partial charge in [-0.3, -0.25) is 4.79 Å². The van der Waals surface area contributed by atoms with E-state index < -0.39 is 5.91 Å². The molecule has 1 unspecified atom stereocenters. The summed E-state index contributed by atoms with van der Waals surface area (Å²) in [5.74, 6) is -0.315. The van der Waals surface area contributed by atoms with Gasteiger partial charge in [0.25, 0.3) is 5.91 Å². The lowest BCUT2D eigenvalue weighted by Crippen LogP contribution is -2.27. The van der Waals surface area contributed by atoms with E-state index in [1.54, 1.807) is 18.9 Å². The molecule has 0 spiro atoms. The lowest BCUT2D eigenvalue weighted by molar-refractivity contribution is 0.100. The molecule has 6 heteroatoms. The Hall–Kier alpha value is -2.29. The highest BCUT2D eigenvalue weighted by molar-refractivity contribution is 5.98. The Morgan fingerprint density at radius 1 is 1.71 bits per heavy atom. The fraction of sp³-hybridized carbons (Fsp3) is 0.364. The van der Waals surface area contributed by atoms with E-state index in [0.717, 1.165) is 0 Å². The minimum absolute atomic E-state index is 0.167. The zero-order chi connectivity index (χ0) is 13.0. The van der Waals surface area contributed by atoms with Gasteiger partial charge in [-0.15, -0.1) is 0 Å². The Balaban J connectivity index is 3.05. The summed E-state index contributed by atoms with van der Waals surface area (Å²) >= 11 is 0. The summed E-state index contributed by atoms with van der Waals surface area (Å²) in [5, 5.41) is 8.74. The molecule has 17 heavy (non-hydrogen) atoms. The van der Waals surface area contributed by atoms with E-state index in [4.69, 9.17) is 16.7 Å². The fourth-order valence-electron chi connectivity index (χ4n) is 1.50. The van der Waals surface area contributed by atoms with Crippen LogP contribution in [-0.2, 0) is 0 Å². The monoisotopic (exact) mass is 233 g/mol. The van der Waals surface area contributed by atoms with E-state index in [1.165, 1.54) is 12.3 Å². The molecule has 1 heterocycles. The maximum absolute atomic E-state index is 11.3. The van der Waals surface area contributed by atoms with E-state index in [1.807, 2.05) is 0 Å². The molecule has 1 rings (SSSR count). The highest BCUT2D eigenvalue weighted by Gasteiger charge is 2.15. The summed E-state index contributed by atoms with van der Waals surface area (Å²) in [6, 6.07) is 3.60. The van der Waals surface area contributed by atoms with Crippen LogP contribution >= 0.6 is 0 Å². The number of nitrogens with zero attached hydrogens (tertiary/aromatic N) is 3. The zero-order valence-corrected chi connectivity index (χ0v) is 9.84. The lowest BCUT2D eigenvalue weighted by Gasteiger charge is -2.21. The van der Waals surface area contributed by atoms with E-state index in [-0.39, 0.29) is 11.5 Å². The van der Waals surface area contributed by atoms with Gasteiger partial charge in [-0.2, -0.15) is 5.26 Å². The molecule has 4 N–H and O–H groups in total. The fourth-order valence-corrected chi connectivity index (χ4v) is 1.50. The molecule has 0 aliphatic carbocycles. The summed E-state index contributed by atoms with van der Waals surface area (Å²) in [6.45, 7) is 2.26. The first-order valence-electron chi connectivity index (χ1n) is 5.11. The van der Waals surface area contributed by atoms with E-state index in [9.17, 15) is 4.79 Å². The number of carbonyl (C=O) groups is 1. The van der Waals surface area contributed by atoms with Crippen LogP contribution in [0.4, 0.5) is 11.5 Å². The second kappa shape index (κ2) is 5.16. The maximum Gasteiger partial charge on any atom is 0.252 e. The number of hydrogen-bond acceptors (Lipinski definition) is 5. The number of nitrogens with two attached hydrogens (primary N) is 2. The molecule has 0 fully saturated rings. The molecule has 6 nitrogen and oxygen atoms in total. The van der Waals surface area contributed by atoms with Crippen LogP contribution in [0.3, 0.4) is 0 Å². The van der Waals surface area contributed by atoms with Crippen LogP contribution < -0.4 is 16.4 Å². The van der Waals surface area contributed by atoms with Gasteiger partial charge in [-0.1, -0.05) is 0 Å². The summed E-state index contributed by atoms with van der Waals surface area (Å²) in [5.41, 5.74) is 11.5. The molecular weight excluding hydrogens is 218 g/mol. The molecule has 1 aromatic heterocycles. The Bertz CT molecular complexity index is 465. The second-order valence-electron chi connectivity index (χ2n) is 3.91. The third-order valence-electron chi connectivity index (χ3n) is 2.28. The minimum atomic E-state index is -0.587. The van der Waals surface area contributed by atoms with Gasteiger partial charge in [0.15, 0.2) is 0 Å². The minimum Gasteiger partial charge on any atom is -0.397 e. The maximum atomic E-state index is 11.3. The van der Waals surface area contributed by atoms with Gasteiger partial charge < -0.3 is 16.4 Å². The molecule has 0 aliphatic rings. The number of amides is 1. The van der Waals surface area contributed by atoms with Crippen molar-refractivity contribution < 1.29 is 4.79 Å². The molecule has 0 bridgehead atoms. The number of carbonyl (C=O) groups excluding carboxylic acids is 1. The van der Waals surface area contributed by atoms with Crippen LogP contribution in [0.2, 0.25) is 0 Å². The van der Waals surface area contributed by atoms with Crippen LogP contribution in [0.1, 0.15) is 17.3 Å². The average Bonchev–Trinajstić information content (AvgIpc) is 2.28. The quantitative estimate of drug-likeness (QED) is 0.780. The average molecular weight is 233 g/mol. The van der Waals surface area contributed by atoms with E-state index in [2.05, 4.69) is 11.1 Å². The van der Waals surface area contributed by atoms with Crippen molar-refractivity contribution in [2.75, 3.05) is 24.2 Å². The van der Waals surface area contributed by atoms with Crippen LogP contribution in [-0.4, -0.2) is 24.5 Å². The third kappa shape index (κ3) is 3.08. The summed E-state index contributed by atoms with van der Waals surface area (Å²) < 4.78 is 0. The third-order valence-corrected chi connectivity index (χ3v) is 2.28. The van der Waals surface area contributed by atoms with Crippen LogP contribution in [0, 0.1) is 17.2 Å². The van der Waals surface area contributed by atoms with Gasteiger partial charge in [-0.05, 0) is 13.0 Å². The van der Waals surface area contributed by atoms with Crippen molar-refractivity contribution in [3.8, 4) is 6.07 Å². The largest absolute Gasteiger partial charge is 0.397 e.